The second-order valence-corrected chi connectivity index (χ2v) is 9.28. The van der Waals surface area contributed by atoms with Crippen molar-refractivity contribution in [2.45, 2.75) is 65.9 Å². The number of carbonyl (C=O) groups excluding carboxylic acids is 1. The number of anilines is 2. The molecule has 1 unspecified atom stereocenters. The fourth-order valence-corrected chi connectivity index (χ4v) is 4.47. The minimum absolute atomic E-state index is 0.162. The number of esters is 1. The van der Waals surface area contributed by atoms with Gasteiger partial charge < -0.3 is 15.8 Å². The summed E-state index contributed by atoms with van der Waals surface area (Å²) in [5, 5.41) is 3.32. The van der Waals surface area contributed by atoms with Crippen molar-refractivity contribution in [3.8, 4) is 0 Å². The van der Waals surface area contributed by atoms with Crippen molar-refractivity contribution >= 4 is 17.5 Å². The molecule has 0 saturated heterocycles. The zero-order chi connectivity index (χ0) is 21.6. The van der Waals surface area contributed by atoms with E-state index in [-0.39, 0.29) is 17.5 Å². The molecule has 0 aromatic carbocycles. The van der Waals surface area contributed by atoms with Crippen LogP contribution in [0.5, 0.6) is 0 Å². The molecule has 7 nitrogen and oxygen atoms in total. The Morgan fingerprint density at radius 1 is 1.30 bits per heavy atom. The molecule has 3 heterocycles. The number of nitrogens with zero attached hydrogens (tertiary/aromatic N) is 3. The molecule has 158 valence electrons. The van der Waals surface area contributed by atoms with Gasteiger partial charge in [-0.1, -0.05) is 13.8 Å². The van der Waals surface area contributed by atoms with Gasteiger partial charge in [-0.05, 0) is 51.0 Å². The summed E-state index contributed by atoms with van der Waals surface area (Å²) >= 11 is 0. The van der Waals surface area contributed by atoms with Crippen LogP contribution in [-0.4, -0.2) is 27.0 Å². The zero-order valence-corrected chi connectivity index (χ0v) is 18.2. The van der Waals surface area contributed by atoms with E-state index in [4.69, 9.17) is 15.5 Å². The molecular formula is C23H29N5O2. The van der Waals surface area contributed by atoms with E-state index in [1.165, 1.54) is 6.33 Å². The molecule has 0 saturated carbocycles. The molecule has 0 fully saturated rings. The van der Waals surface area contributed by atoms with Crippen LogP contribution in [0.3, 0.4) is 0 Å². The fourth-order valence-electron chi connectivity index (χ4n) is 4.47. The topological polar surface area (TPSA) is 103 Å². The monoisotopic (exact) mass is 407 g/mol. The summed E-state index contributed by atoms with van der Waals surface area (Å²) in [6.45, 7) is 10.1. The lowest BCUT2D eigenvalue weighted by Crippen LogP contribution is -2.30. The van der Waals surface area contributed by atoms with Gasteiger partial charge in [0.2, 0.25) is 0 Å². The Morgan fingerprint density at radius 2 is 2.00 bits per heavy atom. The van der Waals surface area contributed by atoms with Crippen LogP contribution >= 0.6 is 0 Å². The van der Waals surface area contributed by atoms with Gasteiger partial charge >= 0.3 is 5.97 Å². The molecule has 3 N–H and O–H groups in total. The van der Waals surface area contributed by atoms with Crippen molar-refractivity contribution in [1.82, 2.24) is 15.0 Å². The molecule has 30 heavy (non-hydrogen) atoms. The molecule has 0 radical (unpaired) electrons. The van der Waals surface area contributed by atoms with E-state index >= 15 is 0 Å². The summed E-state index contributed by atoms with van der Waals surface area (Å²) in [4.78, 5) is 26.4. The quantitative estimate of drug-likeness (QED) is 0.747. The van der Waals surface area contributed by atoms with Gasteiger partial charge in [0.15, 0.2) is 0 Å². The zero-order valence-electron chi connectivity index (χ0n) is 18.2. The summed E-state index contributed by atoms with van der Waals surface area (Å²) in [6, 6.07) is 0. The van der Waals surface area contributed by atoms with Gasteiger partial charge in [0.05, 0.1) is 17.6 Å². The molecule has 0 amide bonds. The van der Waals surface area contributed by atoms with Crippen LogP contribution < -0.4 is 11.1 Å². The Bertz CT molecular complexity index is 1030. The molecule has 0 bridgehead atoms. The maximum atomic E-state index is 13.1. The van der Waals surface area contributed by atoms with Crippen LogP contribution in [0.2, 0.25) is 0 Å². The van der Waals surface area contributed by atoms with Crippen molar-refractivity contribution in [3.05, 3.63) is 52.4 Å². The number of hydrogen-bond donors (Lipinski definition) is 2. The number of nitrogen functional groups attached to an aromatic ring is 1. The van der Waals surface area contributed by atoms with E-state index < -0.39 is 5.92 Å². The van der Waals surface area contributed by atoms with Crippen molar-refractivity contribution in [2.24, 2.45) is 5.41 Å². The Balaban J connectivity index is 1.93. The molecule has 4 rings (SSSR count). The van der Waals surface area contributed by atoms with Crippen LogP contribution in [-0.2, 0) is 22.4 Å². The van der Waals surface area contributed by atoms with E-state index in [1.54, 1.807) is 12.4 Å². The maximum Gasteiger partial charge on any atom is 0.337 e. The number of rotatable bonds is 3. The summed E-state index contributed by atoms with van der Waals surface area (Å²) in [5.41, 5.74) is 12.6. The van der Waals surface area contributed by atoms with Crippen LogP contribution in [0.15, 0.2) is 30.0 Å². The van der Waals surface area contributed by atoms with E-state index in [0.717, 1.165) is 41.6 Å². The first-order valence-electron chi connectivity index (χ1n) is 10.4. The third kappa shape index (κ3) is 3.53. The molecular weight excluding hydrogens is 378 g/mol. The molecule has 2 aliphatic rings. The average molecular weight is 408 g/mol. The first kappa shape index (κ1) is 20.3. The normalized spacial score (nSPS) is 19.7. The molecule has 1 aliphatic heterocycles. The second kappa shape index (κ2) is 7.38. The molecule has 2 aromatic heterocycles. The highest BCUT2D eigenvalue weighted by molar-refractivity contribution is 5.95. The standard InChI is InChI=1S/C23H29N5O2/c1-12(2)30-22(29)17-13(3)27-21-19(18(17)14-9-25-11-26-10-14)20(24)15-8-23(4,5)7-6-16(15)28-21/h9-12,18H,6-8H2,1-5H3,(H3,24,27,28). The number of aryl methyl sites for hydroxylation is 1. The van der Waals surface area contributed by atoms with Crippen LogP contribution in [0.1, 0.15) is 69.3 Å². The van der Waals surface area contributed by atoms with Gasteiger partial charge in [-0.3, -0.25) is 0 Å². The summed E-state index contributed by atoms with van der Waals surface area (Å²) in [7, 11) is 0. The minimum Gasteiger partial charge on any atom is -0.460 e. The molecule has 2 aromatic rings. The Kier molecular flexibility index (Phi) is 5.00. The average Bonchev–Trinajstić information content (AvgIpc) is 2.67. The van der Waals surface area contributed by atoms with E-state index in [0.29, 0.717) is 22.8 Å². The van der Waals surface area contributed by atoms with E-state index in [1.807, 2.05) is 20.8 Å². The van der Waals surface area contributed by atoms with Crippen LogP contribution in [0.25, 0.3) is 0 Å². The van der Waals surface area contributed by atoms with Crippen molar-refractivity contribution in [1.29, 1.82) is 0 Å². The second-order valence-electron chi connectivity index (χ2n) is 9.28. The van der Waals surface area contributed by atoms with E-state index in [9.17, 15) is 4.79 Å². The Morgan fingerprint density at radius 3 is 2.67 bits per heavy atom. The number of aromatic nitrogens is 3. The summed E-state index contributed by atoms with van der Waals surface area (Å²) in [6.07, 6.45) is 7.53. The molecule has 1 atom stereocenters. The smallest absolute Gasteiger partial charge is 0.337 e. The summed E-state index contributed by atoms with van der Waals surface area (Å²) in [5.74, 6) is -0.0955. The van der Waals surface area contributed by atoms with Crippen molar-refractivity contribution in [2.75, 3.05) is 11.1 Å². The number of ether oxygens (including phenoxy) is 1. The highest BCUT2D eigenvalue weighted by atomic mass is 16.5. The highest BCUT2D eigenvalue weighted by Crippen LogP contribution is 2.48. The van der Waals surface area contributed by atoms with Crippen molar-refractivity contribution < 1.29 is 9.53 Å². The lowest BCUT2D eigenvalue weighted by molar-refractivity contribution is -0.142. The Labute approximate surface area is 177 Å². The number of nitrogens with one attached hydrogen (secondary N) is 1. The predicted octanol–water partition coefficient (Wildman–Crippen LogP) is 3.75. The predicted molar refractivity (Wildman–Crippen MR) is 116 cm³/mol. The van der Waals surface area contributed by atoms with Gasteiger partial charge in [0.1, 0.15) is 12.1 Å². The number of pyridine rings is 1. The third-order valence-electron chi connectivity index (χ3n) is 5.92. The SMILES string of the molecule is CC1=C(C(=O)OC(C)C)C(c2cncnc2)c2c(nc3c(c2N)CC(C)(C)CC3)N1. The number of fused-ring (bicyclic) bond motifs is 2. The molecule has 0 spiro atoms. The maximum absolute atomic E-state index is 13.1. The van der Waals surface area contributed by atoms with Crippen LogP contribution in [0, 0.1) is 5.41 Å². The number of nitrogens with two attached hydrogens (primary N) is 1. The van der Waals surface area contributed by atoms with Gasteiger partial charge in [-0.2, -0.15) is 0 Å². The van der Waals surface area contributed by atoms with Gasteiger partial charge in [-0.15, -0.1) is 0 Å². The first-order chi connectivity index (χ1) is 14.2. The number of allylic oxidation sites excluding steroid dienone is 1. The van der Waals surface area contributed by atoms with Gasteiger partial charge in [-0.25, -0.2) is 19.7 Å². The third-order valence-corrected chi connectivity index (χ3v) is 5.92. The fraction of sp³-hybridized carbons (Fsp3) is 0.478. The van der Waals surface area contributed by atoms with E-state index in [2.05, 4.69) is 29.1 Å². The number of carbonyl (C=O) groups is 1. The lowest BCUT2D eigenvalue weighted by Gasteiger charge is -2.36. The Hall–Kier alpha value is -2.96. The van der Waals surface area contributed by atoms with Crippen molar-refractivity contribution in [3.63, 3.8) is 0 Å². The molecule has 7 heteroatoms. The first-order valence-corrected chi connectivity index (χ1v) is 10.4. The summed E-state index contributed by atoms with van der Waals surface area (Å²) < 4.78 is 5.57. The van der Waals surface area contributed by atoms with Gasteiger partial charge in [0.25, 0.3) is 0 Å². The highest BCUT2D eigenvalue weighted by Gasteiger charge is 2.39. The molecule has 1 aliphatic carbocycles. The van der Waals surface area contributed by atoms with Crippen LogP contribution in [0.4, 0.5) is 11.5 Å². The minimum atomic E-state index is -0.434. The van der Waals surface area contributed by atoms with Gasteiger partial charge in [0, 0.05) is 40.6 Å². The largest absolute Gasteiger partial charge is 0.460 e. The number of hydrogen-bond acceptors (Lipinski definition) is 7. The lowest BCUT2D eigenvalue weighted by atomic mass is 9.73.